The highest BCUT2D eigenvalue weighted by Crippen LogP contribution is 2.31. The van der Waals surface area contributed by atoms with Gasteiger partial charge in [0.2, 0.25) is 18.2 Å². The van der Waals surface area contributed by atoms with Crippen LogP contribution in [0.2, 0.25) is 0 Å². The van der Waals surface area contributed by atoms with Gasteiger partial charge in [-0.15, -0.1) is 0 Å². The smallest absolute Gasteiger partial charge is 0.259 e. The van der Waals surface area contributed by atoms with Crippen LogP contribution >= 0.6 is 0 Å². The molecular weight excluding hydrogens is 502 g/mol. The maximum absolute atomic E-state index is 13.8. The van der Waals surface area contributed by atoms with Crippen molar-refractivity contribution in [2.24, 2.45) is 17.3 Å². The number of hydroxylamine groups is 2. The van der Waals surface area contributed by atoms with Crippen LogP contribution in [0.1, 0.15) is 87.5 Å². The number of nitrogens with zero attached hydrogens (tertiary/aromatic N) is 4. The molecule has 0 radical (unpaired) electrons. The van der Waals surface area contributed by atoms with Crippen molar-refractivity contribution in [3.63, 3.8) is 0 Å². The lowest BCUT2D eigenvalue weighted by molar-refractivity contribution is -0.156. The second-order valence-corrected chi connectivity index (χ2v) is 12.3. The van der Waals surface area contributed by atoms with E-state index < -0.39 is 17.4 Å². The summed E-state index contributed by atoms with van der Waals surface area (Å²) in [7, 11) is 1.75. The van der Waals surface area contributed by atoms with E-state index in [1.54, 1.807) is 30.7 Å². The molecule has 1 saturated carbocycles. The normalized spacial score (nSPS) is 18.5. The van der Waals surface area contributed by atoms with Crippen molar-refractivity contribution in [3.05, 3.63) is 17.0 Å². The van der Waals surface area contributed by atoms with Gasteiger partial charge in [-0.2, -0.15) is 0 Å². The molecule has 11 heteroatoms. The van der Waals surface area contributed by atoms with E-state index in [9.17, 15) is 24.4 Å². The minimum atomic E-state index is -0.786. The molecule has 1 aliphatic carbocycles. The molecule has 1 aliphatic heterocycles. The number of likely N-dealkylation sites (tertiary alicyclic amines) is 1. The Balaban J connectivity index is 1.66. The molecule has 0 spiro atoms. The van der Waals surface area contributed by atoms with E-state index in [-0.39, 0.29) is 30.3 Å². The third kappa shape index (κ3) is 7.58. The van der Waals surface area contributed by atoms with Gasteiger partial charge in [0, 0.05) is 26.2 Å². The second-order valence-electron chi connectivity index (χ2n) is 12.3. The summed E-state index contributed by atoms with van der Waals surface area (Å²) in [5, 5.41) is 17.2. The Labute approximate surface area is 231 Å². The standard InChI is InChI=1S/C28H45N5O6/c1-18-23(19(2)39-30-18)26(36)32-13-11-22(12-14-32)31(6)27(37)24(28(3,4)5)29-25(35)21(16-33(38)17-34)15-20-9-7-8-10-20/h17,20-22,24,38H,7-16H2,1-6H3,(H,29,35)/t21-,24-/m1/s1. The Hall–Kier alpha value is -2.95. The van der Waals surface area contributed by atoms with Gasteiger partial charge in [-0.05, 0) is 44.4 Å². The van der Waals surface area contributed by atoms with Gasteiger partial charge in [0.05, 0.1) is 18.2 Å². The zero-order chi connectivity index (χ0) is 28.9. The zero-order valence-corrected chi connectivity index (χ0v) is 24.2. The largest absolute Gasteiger partial charge is 0.361 e. The van der Waals surface area contributed by atoms with Crippen LogP contribution in [-0.2, 0) is 14.4 Å². The molecule has 1 aromatic rings. The van der Waals surface area contributed by atoms with E-state index in [1.807, 2.05) is 20.8 Å². The van der Waals surface area contributed by atoms with Gasteiger partial charge in [0.1, 0.15) is 17.4 Å². The van der Waals surface area contributed by atoms with Crippen LogP contribution in [0.4, 0.5) is 0 Å². The van der Waals surface area contributed by atoms with E-state index in [0.717, 1.165) is 25.7 Å². The van der Waals surface area contributed by atoms with E-state index in [4.69, 9.17) is 4.52 Å². The summed E-state index contributed by atoms with van der Waals surface area (Å²) in [4.78, 5) is 54.7. The third-order valence-electron chi connectivity index (χ3n) is 8.29. The summed E-state index contributed by atoms with van der Waals surface area (Å²) in [6.07, 6.45) is 6.39. The molecule has 0 unspecified atom stereocenters. The van der Waals surface area contributed by atoms with Gasteiger partial charge in [0.15, 0.2) is 0 Å². The van der Waals surface area contributed by atoms with Crippen LogP contribution in [-0.4, -0.2) is 88.1 Å². The zero-order valence-electron chi connectivity index (χ0n) is 24.2. The van der Waals surface area contributed by atoms with Crippen LogP contribution < -0.4 is 5.32 Å². The number of hydrogen-bond donors (Lipinski definition) is 2. The number of hydrogen-bond acceptors (Lipinski definition) is 7. The fraction of sp³-hybridized carbons (Fsp3) is 0.750. The molecule has 2 atom stereocenters. The quantitative estimate of drug-likeness (QED) is 0.261. The highest BCUT2D eigenvalue weighted by Gasteiger charge is 2.39. The van der Waals surface area contributed by atoms with E-state index in [2.05, 4.69) is 10.5 Å². The average molecular weight is 548 g/mol. The number of likely N-dealkylation sites (N-methyl/N-ethyl adjacent to an activating group) is 1. The van der Waals surface area contributed by atoms with Crippen molar-refractivity contribution >= 4 is 24.1 Å². The maximum atomic E-state index is 13.8. The van der Waals surface area contributed by atoms with Gasteiger partial charge in [-0.1, -0.05) is 51.6 Å². The summed E-state index contributed by atoms with van der Waals surface area (Å²) >= 11 is 0. The molecule has 2 N–H and O–H groups in total. The lowest BCUT2D eigenvalue weighted by atomic mass is 9.84. The molecule has 2 heterocycles. The first-order valence-electron chi connectivity index (χ1n) is 14.0. The SMILES string of the molecule is Cc1noc(C)c1C(=O)N1CCC(N(C)C(=O)[C@@H](NC(=O)[C@H](CC2CCCC2)CN(O)C=O)C(C)(C)C)CC1. The van der Waals surface area contributed by atoms with Gasteiger partial charge >= 0.3 is 0 Å². The first-order valence-corrected chi connectivity index (χ1v) is 14.0. The van der Waals surface area contributed by atoms with E-state index in [0.29, 0.717) is 66.8 Å². The number of amides is 4. The molecule has 4 amide bonds. The average Bonchev–Trinajstić information content (AvgIpc) is 3.53. The van der Waals surface area contributed by atoms with Gasteiger partial charge in [0.25, 0.3) is 5.91 Å². The first-order chi connectivity index (χ1) is 18.3. The molecule has 0 bridgehead atoms. The third-order valence-corrected chi connectivity index (χ3v) is 8.29. The van der Waals surface area contributed by atoms with E-state index >= 15 is 0 Å². The molecule has 11 nitrogen and oxygen atoms in total. The van der Waals surface area contributed by atoms with Crippen molar-refractivity contribution in [1.82, 2.24) is 25.3 Å². The summed E-state index contributed by atoms with van der Waals surface area (Å²) in [5.41, 5.74) is 0.499. The topological polar surface area (TPSA) is 136 Å². The molecule has 2 fully saturated rings. The molecular formula is C28H45N5O6. The van der Waals surface area contributed by atoms with E-state index in [1.165, 1.54) is 0 Å². The number of piperidine rings is 1. The summed E-state index contributed by atoms with van der Waals surface area (Å²) < 4.78 is 5.15. The van der Waals surface area contributed by atoms with Gasteiger partial charge < -0.3 is 19.6 Å². The van der Waals surface area contributed by atoms with Crippen LogP contribution in [0.15, 0.2) is 4.52 Å². The summed E-state index contributed by atoms with van der Waals surface area (Å²) in [5.74, 6) is -0.374. The van der Waals surface area contributed by atoms with Crippen molar-refractivity contribution < 1.29 is 28.9 Å². The minimum Gasteiger partial charge on any atom is -0.361 e. The maximum Gasteiger partial charge on any atom is 0.259 e. The fourth-order valence-corrected chi connectivity index (χ4v) is 5.88. The molecule has 1 saturated heterocycles. The van der Waals surface area contributed by atoms with Crippen LogP contribution in [0.5, 0.6) is 0 Å². The fourth-order valence-electron chi connectivity index (χ4n) is 5.88. The van der Waals surface area contributed by atoms with Crippen LogP contribution in [0, 0.1) is 31.1 Å². The molecule has 1 aromatic heterocycles. The summed E-state index contributed by atoms with van der Waals surface area (Å²) in [6, 6.07) is -0.864. The number of rotatable bonds is 10. The Morgan fingerprint density at radius 3 is 2.28 bits per heavy atom. The first kappa shape index (κ1) is 30.6. The van der Waals surface area contributed by atoms with Crippen LogP contribution in [0.25, 0.3) is 0 Å². The number of carbonyl (C=O) groups is 4. The Morgan fingerprint density at radius 2 is 1.77 bits per heavy atom. The number of aromatic nitrogens is 1. The monoisotopic (exact) mass is 547 g/mol. The molecule has 0 aromatic carbocycles. The predicted molar refractivity (Wildman–Crippen MR) is 144 cm³/mol. The lowest BCUT2D eigenvalue weighted by Crippen LogP contribution is -2.58. The minimum absolute atomic E-state index is 0.0785. The van der Waals surface area contributed by atoms with Crippen LogP contribution in [0.3, 0.4) is 0 Å². The van der Waals surface area contributed by atoms with Crippen molar-refractivity contribution in [2.45, 2.75) is 91.6 Å². The van der Waals surface area contributed by atoms with Gasteiger partial charge in [-0.3, -0.25) is 24.4 Å². The molecule has 218 valence electrons. The highest BCUT2D eigenvalue weighted by molar-refractivity contribution is 5.96. The predicted octanol–water partition coefficient (Wildman–Crippen LogP) is 2.93. The Bertz CT molecular complexity index is 1000. The second kappa shape index (κ2) is 12.9. The van der Waals surface area contributed by atoms with Gasteiger partial charge in [-0.25, -0.2) is 5.06 Å². The number of nitrogens with one attached hydrogen (secondary N) is 1. The van der Waals surface area contributed by atoms with Crippen molar-refractivity contribution in [2.75, 3.05) is 26.7 Å². The molecule has 3 rings (SSSR count). The Kier molecular flexibility index (Phi) is 10.1. The lowest BCUT2D eigenvalue weighted by Gasteiger charge is -2.40. The van der Waals surface area contributed by atoms with Crippen molar-refractivity contribution in [1.29, 1.82) is 0 Å². The Morgan fingerprint density at radius 1 is 1.15 bits per heavy atom. The number of aryl methyl sites for hydroxylation is 2. The number of carbonyl (C=O) groups excluding carboxylic acids is 4. The van der Waals surface area contributed by atoms with Crippen molar-refractivity contribution in [3.8, 4) is 0 Å². The molecule has 39 heavy (non-hydrogen) atoms. The summed E-state index contributed by atoms with van der Waals surface area (Å²) in [6.45, 7) is 10.1. The highest BCUT2D eigenvalue weighted by atomic mass is 16.5. The molecule has 2 aliphatic rings.